The first-order valence-electron chi connectivity index (χ1n) is 18.4. The third kappa shape index (κ3) is 7.19. The lowest BCUT2D eigenvalue weighted by molar-refractivity contribution is -0.0194. The lowest BCUT2D eigenvalue weighted by Crippen LogP contribution is -2.35. The van der Waals surface area contributed by atoms with Crippen molar-refractivity contribution < 1.29 is 113 Å². The minimum atomic E-state index is -1.65. The molecule has 0 amide bonds. The Bertz CT molecular complexity index is 3000. The van der Waals surface area contributed by atoms with E-state index in [0.29, 0.717) is 0 Å². The lowest BCUT2D eigenvalue weighted by Gasteiger charge is -2.35. The van der Waals surface area contributed by atoms with Crippen molar-refractivity contribution in [3.8, 4) is 86.2 Å². The highest BCUT2D eigenvalue weighted by Crippen LogP contribution is 2.49. The van der Waals surface area contributed by atoms with Crippen LogP contribution in [-0.4, -0.2) is 90.5 Å². The Hall–Kier alpha value is -8.81. The van der Waals surface area contributed by atoms with Gasteiger partial charge in [-0.2, -0.15) is 0 Å². The van der Waals surface area contributed by atoms with Gasteiger partial charge in [-0.05, 0) is 47.9 Å². The maximum atomic E-state index is 14.0. The predicted molar refractivity (Wildman–Crippen MR) is 238 cm³/mol. The van der Waals surface area contributed by atoms with Gasteiger partial charge in [0.2, 0.25) is 5.43 Å². The van der Waals surface area contributed by atoms with Crippen LogP contribution < -0.4 is 14.9 Å². The molecule has 2 heterocycles. The minimum Gasteiger partial charge on any atom is -0.508 e. The third-order valence-corrected chi connectivity index (χ3v) is 10.5. The molecule has 2 aliphatic rings. The molecule has 2 aliphatic heterocycles. The van der Waals surface area contributed by atoms with E-state index in [1.807, 2.05) is 0 Å². The average molecular weight is 895 g/mol. The number of rotatable bonds is 6. The average Bonchev–Trinajstić information content (AvgIpc) is 3.35. The second-order valence-corrected chi connectivity index (χ2v) is 14.6. The number of benzene rings is 5. The Morgan fingerprint density at radius 3 is 1.40 bits per heavy atom. The summed E-state index contributed by atoms with van der Waals surface area (Å²) in [5, 5.41) is 135. The summed E-state index contributed by atoms with van der Waals surface area (Å²) in [6.45, 7) is 0. The van der Waals surface area contributed by atoms with Crippen LogP contribution in [0.25, 0.3) is 10.8 Å². The molecule has 0 fully saturated rings. The fraction of sp³-hybridized carbons (Fsp3) is 0.140. The summed E-state index contributed by atoms with van der Waals surface area (Å²) in [5.74, 6) is -13.2. The van der Waals surface area contributed by atoms with E-state index < -0.39 is 139 Å². The number of aromatic hydroxyl groups is 13. The number of hydrogen-bond acceptors (Lipinski definition) is 20. The molecule has 0 aliphatic carbocycles. The number of carbonyl (C=O) groups is 2. The van der Waals surface area contributed by atoms with Gasteiger partial charge < -0.3 is 85.3 Å². The molecule has 8 rings (SSSR count). The molecule has 0 aromatic heterocycles. The molecule has 4 atom stereocenters. The number of esters is 2. The van der Waals surface area contributed by atoms with E-state index in [9.17, 15) is 80.8 Å². The highest BCUT2D eigenvalue weighted by Gasteiger charge is 2.41. The fourth-order valence-corrected chi connectivity index (χ4v) is 7.54. The normalized spacial score (nSPS) is 17.7. The van der Waals surface area contributed by atoms with Gasteiger partial charge in [-0.1, -0.05) is 0 Å². The molecule has 350 valence electrons. The molecule has 0 bridgehead atoms. The van der Waals surface area contributed by atoms with Crippen molar-refractivity contribution in [2.24, 2.45) is 0 Å². The number of phenols is 12. The van der Waals surface area contributed by atoms with Gasteiger partial charge in [-0.3, -0.25) is 4.79 Å². The summed E-state index contributed by atoms with van der Waals surface area (Å²) < 4.78 is 23.9. The molecule has 0 saturated carbocycles. The number of hydrogen-bond donors (Lipinski definition) is 13. The van der Waals surface area contributed by atoms with E-state index in [1.165, 1.54) is 0 Å². The molecule has 6 aromatic carbocycles. The molecule has 0 saturated heterocycles. The molecule has 0 radical (unpaired) electrons. The van der Waals surface area contributed by atoms with Crippen molar-refractivity contribution in [3.05, 3.63) is 110 Å². The maximum Gasteiger partial charge on any atom is 0.338 e. The lowest BCUT2D eigenvalue weighted by atomic mass is 9.89. The molecule has 20 heteroatoms. The Kier molecular flexibility index (Phi) is 9.77. The molecule has 13 N–H and O–H groups in total. The van der Waals surface area contributed by atoms with Gasteiger partial charge in [-0.25, -0.2) is 9.59 Å². The second kappa shape index (κ2) is 15.0. The maximum absolute atomic E-state index is 14.0. The molecule has 0 unspecified atom stereocenters. The van der Waals surface area contributed by atoms with Crippen LogP contribution in [0, 0.1) is 0 Å². The van der Waals surface area contributed by atoms with Crippen molar-refractivity contribution in [1.82, 2.24) is 0 Å². The van der Waals surface area contributed by atoms with Gasteiger partial charge in [0.15, 0.2) is 64.0 Å². The van der Waals surface area contributed by atoms with E-state index in [0.717, 1.165) is 66.7 Å². The van der Waals surface area contributed by atoms with Gasteiger partial charge in [0.25, 0.3) is 0 Å². The number of carbonyl (C=O) groups excluding carboxylic acids is 2. The van der Waals surface area contributed by atoms with Gasteiger partial charge >= 0.3 is 11.9 Å². The number of ether oxygens (including phenoxy) is 4. The summed E-state index contributed by atoms with van der Waals surface area (Å²) in [6.07, 6.45) is -7.15. The monoisotopic (exact) mass is 894 g/mol. The van der Waals surface area contributed by atoms with Crippen LogP contribution >= 0.6 is 0 Å². The third-order valence-electron chi connectivity index (χ3n) is 10.5. The van der Waals surface area contributed by atoms with Crippen molar-refractivity contribution in [1.29, 1.82) is 0 Å². The van der Waals surface area contributed by atoms with Crippen LogP contribution in [0.5, 0.6) is 86.2 Å². The fourth-order valence-electron chi connectivity index (χ4n) is 7.54. The number of fused-ring (bicyclic) bond motifs is 3. The first kappa shape index (κ1) is 40.9. The van der Waals surface area contributed by atoms with Gasteiger partial charge in [0.05, 0.1) is 16.5 Å². The summed E-state index contributed by atoms with van der Waals surface area (Å²) >= 11 is 0. The quantitative estimate of drug-likeness (QED) is 0.0573. The van der Waals surface area contributed by atoms with E-state index in [-0.39, 0.29) is 64.1 Å². The van der Waals surface area contributed by atoms with Gasteiger partial charge in [0.1, 0.15) is 46.7 Å². The van der Waals surface area contributed by atoms with E-state index >= 15 is 0 Å². The van der Waals surface area contributed by atoms with Crippen LogP contribution in [-0.2, 0) is 22.3 Å². The molecular weight excluding hydrogens is 836 g/mol. The molecule has 6 aromatic rings. The zero-order chi connectivity index (χ0) is 45.3. The van der Waals surface area contributed by atoms with Crippen molar-refractivity contribution in [3.63, 3.8) is 0 Å². The molecular formula is C43H58O20. The van der Waals surface area contributed by atoms with E-state index in [1.54, 1.807) is 0 Å². The van der Waals surface area contributed by atoms with Crippen molar-refractivity contribution >= 4 is 22.7 Å². The Morgan fingerprint density at radius 2 is 0.921 bits per heavy atom. The Labute approximate surface area is 370 Å². The smallest absolute Gasteiger partial charge is 0.338 e. The predicted octanol–water partition coefficient (Wildman–Crippen LogP) is 7.37. The molecule has 0 spiro atoms. The first-order chi connectivity index (χ1) is 29.8. The zero-order valence-electron chi connectivity index (χ0n) is 31.7. The Morgan fingerprint density at radius 1 is 0.492 bits per heavy atom. The van der Waals surface area contributed by atoms with E-state index in [2.05, 4.69) is 0 Å². The van der Waals surface area contributed by atoms with Crippen LogP contribution in [0.4, 0.5) is 0 Å². The highest BCUT2D eigenvalue weighted by molar-refractivity contribution is 5.95. The molecule has 63 heavy (non-hydrogen) atoms. The van der Waals surface area contributed by atoms with Crippen molar-refractivity contribution in [2.45, 2.75) is 37.3 Å². The Balaban J connectivity index is -0.000000942. The molecule has 20 nitrogen and oxygen atoms in total. The second-order valence-electron chi connectivity index (χ2n) is 14.6. The van der Waals surface area contributed by atoms with Crippen LogP contribution in [0.2, 0.25) is 0 Å². The van der Waals surface area contributed by atoms with E-state index in [4.69, 9.17) is 18.9 Å². The largest absolute Gasteiger partial charge is 0.508 e. The van der Waals surface area contributed by atoms with Crippen LogP contribution in [0.1, 0.15) is 73.7 Å². The zero-order valence-corrected chi connectivity index (χ0v) is 31.7. The van der Waals surface area contributed by atoms with Crippen molar-refractivity contribution in [2.75, 3.05) is 0 Å². The highest BCUT2D eigenvalue weighted by atomic mass is 16.6. The minimum absolute atomic E-state index is 0. The van der Waals surface area contributed by atoms with Gasteiger partial charge in [0, 0.05) is 77.9 Å². The topological polar surface area (TPSA) is 351 Å². The first-order valence-corrected chi connectivity index (χ1v) is 18.4. The summed E-state index contributed by atoms with van der Waals surface area (Å²) in [6, 6.07) is 10.2. The SMILES string of the molecule is O=C(O[C@H]1Cc2c(O)cc(O)cc2O[C@H]1c1cc(O)c(=O)c2c(O)c(O)cc([C@@H]3Oc4cc(O)cc(O)c4C[C@@H]3OC(=O)c3cc(O)c(O)c(O)c3)c2c1)c1cc(O)c(O)c(O)c1.[HH].[HH].[HH].[HH].[HH].[HH].[HH].[HH].[HH].[HH].[HH].[HH].[HH]. The summed E-state index contributed by atoms with van der Waals surface area (Å²) in [5.41, 5.74) is -2.71. The number of phenolic OH excluding ortho intramolecular Hbond substituents is 12. The standard InChI is InChI=1S/C43H32O20.13H2/c44-17-7-23(46)21-12-33(62-42(58)15-3-25(48)36(54)26(49)4-15)40(60-31(21)9-17)14-1-19-20(11-30(53)39(57)35(19)38(56)29(52)2-14)41-34(13-22-24(47)8-18(45)10-32(22)61-41)63-43(59)16-5-27(50)37(55)28(51)6-16;;;;;;;;;;;;;/h1-11,33-34,40-41,44-51,53-55,57H,12-13H2,(H,52,56);13*1H/t33-,34-,40-,41-;;;;;;;;;;;;;/m0............./s1. The van der Waals surface area contributed by atoms with Gasteiger partial charge in [-0.15, -0.1) is 0 Å². The van der Waals surface area contributed by atoms with Crippen LogP contribution in [0.3, 0.4) is 0 Å². The summed E-state index contributed by atoms with van der Waals surface area (Å²) in [4.78, 5) is 41.1. The summed E-state index contributed by atoms with van der Waals surface area (Å²) in [7, 11) is 0. The van der Waals surface area contributed by atoms with Crippen LogP contribution in [0.15, 0.2) is 71.5 Å².